The molecule has 0 aromatic rings. The highest BCUT2D eigenvalue weighted by atomic mass is 16.5. The minimum atomic E-state index is -0.00120. The van der Waals surface area contributed by atoms with E-state index < -0.39 is 0 Å². The van der Waals surface area contributed by atoms with Gasteiger partial charge < -0.3 is 4.74 Å². The molecule has 0 aromatic carbocycles. The number of rotatable bonds is 14. The summed E-state index contributed by atoms with van der Waals surface area (Å²) in [4.78, 5) is 11.6. The summed E-state index contributed by atoms with van der Waals surface area (Å²) in [5, 5.41) is 0. The summed E-state index contributed by atoms with van der Waals surface area (Å²) in [5.74, 6) is -0.00120. The van der Waals surface area contributed by atoms with Gasteiger partial charge in [-0.15, -0.1) is 0 Å². The predicted octanol–water partition coefficient (Wildman–Crippen LogP) is 6.67. The first-order chi connectivity index (χ1) is 10.5. The van der Waals surface area contributed by atoms with Crippen molar-refractivity contribution in [3.8, 4) is 0 Å². The van der Waals surface area contributed by atoms with Gasteiger partial charge in [-0.05, 0) is 24.7 Å². The molecular weight excluding hydrogens is 272 g/mol. The molecule has 2 nitrogen and oxygen atoms in total. The van der Waals surface area contributed by atoms with Crippen molar-refractivity contribution in [3.63, 3.8) is 0 Å². The van der Waals surface area contributed by atoms with E-state index in [2.05, 4.69) is 27.7 Å². The third-order valence-electron chi connectivity index (χ3n) is 4.07. The Balaban J connectivity index is 3.23. The molecule has 132 valence electrons. The lowest BCUT2D eigenvalue weighted by atomic mass is 9.89. The Bertz CT molecular complexity index is 253. The Morgan fingerprint density at radius 1 is 0.773 bits per heavy atom. The predicted molar refractivity (Wildman–Crippen MR) is 96.1 cm³/mol. The molecule has 0 saturated carbocycles. The molecule has 0 amide bonds. The van der Waals surface area contributed by atoms with Crippen LogP contribution in [0.25, 0.3) is 0 Å². The molecule has 0 N–H and O–H groups in total. The molecular formula is C20H40O2. The van der Waals surface area contributed by atoms with E-state index in [1.807, 2.05) is 0 Å². The van der Waals surface area contributed by atoms with Gasteiger partial charge in [0, 0.05) is 6.42 Å². The number of ether oxygens (including phenoxy) is 1. The van der Waals surface area contributed by atoms with Gasteiger partial charge in [0.2, 0.25) is 0 Å². The van der Waals surface area contributed by atoms with Crippen LogP contribution in [0, 0.1) is 5.41 Å². The van der Waals surface area contributed by atoms with Crippen molar-refractivity contribution < 1.29 is 9.53 Å². The average molecular weight is 313 g/mol. The second-order valence-electron chi connectivity index (χ2n) is 7.82. The molecule has 22 heavy (non-hydrogen) atoms. The molecule has 0 aromatic heterocycles. The molecule has 0 radical (unpaired) electrons. The zero-order valence-corrected chi connectivity index (χ0v) is 15.7. The number of hydrogen-bond acceptors (Lipinski definition) is 2. The molecule has 0 aliphatic heterocycles. The summed E-state index contributed by atoms with van der Waals surface area (Å²) in [6.07, 6.45) is 15.4. The molecule has 0 aliphatic rings. The molecule has 0 saturated heterocycles. The van der Waals surface area contributed by atoms with E-state index in [4.69, 9.17) is 4.74 Å². The van der Waals surface area contributed by atoms with Gasteiger partial charge in [-0.2, -0.15) is 0 Å². The lowest BCUT2D eigenvalue weighted by Crippen LogP contribution is -2.06. The van der Waals surface area contributed by atoms with Crippen LogP contribution in [0.3, 0.4) is 0 Å². The van der Waals surface area contributed by atoms with E-state index in [0.717, 1.165) is 19.3 Å². The molecule has 0 aliphatic carbocycles. The summed E-state index contributed by atoms with van der Waals surface area (Å²) in [6, 6.07) is 0. The zero-order chi connectivity index (χ0) is 16.7. The number of carbonyl (C=O) groups excluding carboxylic acids is 1. The first kappa shape index (κ1) is 21.5. The highest BCUT2D eigenvalue weighted by Gasteiger charge is 2.09. The van der Waals surface area contributed by atoms with Crippen LogP contribution in [0.2, 0.25) is 0 Å². The zero-order valence-electron chi connectivity index (χ0n) is 15.7. The Hall–Kier alpha value is -0.530. The fraction of sp³-hybridized carbons (Fsp3) is 0.950. The molecule has 0 rings (SSSR count). The molecule has 0 atom stereocenters. The second kappa shape index (κ2) is 14.1. The summed E-state index contributed by atoms with van der Waals surface area (Å²) < 4.78 is 5.30. The second-order valence-corrected chi connectivity index (χ2v) is 7.82. The largest absolute Gasteiger partial charge is 0.466 e. The maximum atomic E-state index is 11.6. The summed E-state index contributed by atoms with van der Waals surface area (Å²) >= 11 is 0. The quantitative estimate of drug-likeness (QED) is 0.264. The van der Waals surface area contributed by atoms with Crippen LogP contribution in [0.4, 0.5) is 0 Å². The fourth-order valence-electron chi connectivity index (χ4n) is 2.60. The number of esters is 1. The van der Waals surface area contributed by atoms with Crippen LogP contribution in [-0.2, 0) is 9.53 Å². The van der Waals surface area contributed by atoms with E-state index in [1.165, 1.54) is 57.8 Å². The van der Waals surface area contributed by atoms with E-state index in [-0.39, 0.29) is 5.97 Å². The maximum Gasteiger partial charge on any atom is 0.305 e. The van der Waals surface area contributed by atoms with E-state index in [1.54, 1.807) is 0 Å². The average Bonchev–Trinajstić information content (AvgIpc) is 2.44. The van der Waals surface area contributed by atoms with Gasteiger partial charge >= 0.3 is 5.97 Å². The van der Waals surface area contributed by atoms with Crippen molar-refractivity contribution >= 4 is 5.97 Å². The van der Waals surface area contributed by atoms with Gasteiger partial charge in [0.25, 0.3) is 0 Å². The van der Waals surface area contributed by atoms with Gasteiger partial charge in [0.1, 0.15) is 0 Å². The minimum Gasteiger partial charge on any atom is -0.466 e. The van der Waals surface area contributed by atoms with E-state index >= 15 is 0 Å². The Labute approximate surface area is 139 Å². The molecule has 0 unspecified atom stereocenters. The lowest BCUT2D eigenvalue weighted by Gasteiger charge is -2.17. The van der Waals surface area contributed by atoms with Gasteiger partial charge in [-0.25, -0.2) is 0 Å². The molecule has 0 heterocycles. The van der Waals surface area contributed by atoms with Gasteiger partial charge in [0.05, 0.1) is 6.61 Å². The van der Waals surface area contributed by atoms with Crippen LogP contribution in [0.15, 0.2) is 0 Å². The highest BCUT2D eigenvalue weighted by Crippen LogP contribution is 2.22. The Morgan fingerprint density at radius 3 is 1.91 bits per heavy atom. The third kappa shape index (κ3) is 17.5. The van der Waals surface area contributed by atoms with Gasteiger partial charge in [-0.3, -0.25) is 4.79 Å². The van der Waals surface area contributed by atoms with Gasteiger partial charge in [-0.1, -0.05) is 85.5 Å². The minimum absolute atomic E-state index is 0.00120. The molecule has 0 bridgehead atoms. The van der Waals surface area contributed by atoms with Crippen LogP contribution in [-0.4, -0.2) is 12.6 Å². The summed E-state index contributed by atoms with van der Waals surface area (Å²) in [6.45, 7) is 9.68. The molecule has 2 heteroatoms. The van der Waals surface area contributed by atoms with Crippen molar-refractivity contribution in [3.05, 3.63) is 0 Å². The Kier molecular flexibility index (Phi) is 13.7. The topological polar surface area (TPSA) is 26.3 Å². The standard InChI is InChI=1S/C20H40O2/c1-5-6-7-8-9-10-11-15-18-22-19(21)16-13-12-14-17-20(2,3)4/h5-18H2,1-4H3. The highest BCUT2D eigenvalue weighted by molar-refractivity contribution is 5.69. The smallest absolute Gasteiger partial charge is 0.305 e. The summed E-state index contributed by atoms with van der Waals surface area (Å²) in [5.41, 5.74) is 0.414. The first-order valence-corrected chi connectivity index (χ1v) is 9.61. The lowest BCUT2D eigenvalue weighted by molar-refractivity contribution is -0.143. The monoisotopic (exact) mass is 312 g/mol. The fourth-order valence-corrected chi connectivity index (χ4v) is 2.60. The van der Waals surface area contributed by atoms with Crippen LogP contribution < -0.4 is 0 Å². The van der Waals surface area contributed by atoms with Crippen molar-refractivity contribution in [2.75, 3.05) is 6.61 Å². The van der Waals surface area contributed by atoms with Crippen LogP contribution >= 0.6 is 0 Å². The van der Waals surface area contributed by atoms with Crippen molar-refractivity contribution in [2.45, 2.75) is 111 Å². The van der Waals surface area contributed by atoms with E-state index in [0.29, 0.717) is 18.4 Å². The van der Waals surface area contributed by atoms with Crippen LogP contribution in [0.5, 0.6) is 0 Å². The summed E-state index contributed by atoms with van der Waals surface area (Å²) in [7, 11) is 0. The number of carbonyl (C=O) groups is 1. The van der Waals surface area contributed by atoms with E-state index in [9.17, 15) is 4.79 Å². The Morgan fingerprint density at radius 2 is 1.32 bits per heavy atom. The SMILES string of the molecule is CCCCCCCCCCOC(=O)CCCCCC(C)(C)C. The first-order valence-electron chi connectivity index (χ1n) is 9.61. The molecule has 0 spiro atoms. The number of unbranched alkanes of at least 4 members (excludes halogenated alkanes) is 9. The number of hydrogen-bond donors (Lipinski definition) is 0. The van der Waals surface area contributed by atoms with Crippen LogP contribution in [0.1, 0.15) is 111 Å². The van der Waals surface area contributed by atoms with Crippen molar-refractivity contribution in [1.82, 2.24) is 0 Å². The van der Waals surface area contributed by atoms with Crippen molar-refractivity contribution in [2.24, 2.45) is 5.41 Å². The van der Waals surface area contributed by atoms with Gasteiger partial charge in [0.15, 0.2) is 0 Å². The maximum absolute atomic E-state index is 11.6. The molecule has 0 fully saturated rings. The normalized spacial score (nSPS) is 11.6. The van der Waals surface area contributed by atoms with Crippen molar-refractivity contribution in [1.29, 1.82) is 0 Å². The third-order valence-corrected chi connectivity index (χ3v) is 4.07.